The molecule has 0 saturated carbocycles. The second-order valence-corrected chi connectivity index (χ2v) is 15.3. The molecule has 2 atom stereocenters. The van der Waals surface area contributed by atoms with Crippen molar-refractivity contribution in [2.24, 2.45) is 5.73 Å². The number of phosphoric acid groups is 1. The molecule has 0 aliphatic heterocycles. The maximum atomic E-state index is 12.6. The van der Waals surface area contributed by atoms with E-state index in [1.807, 2.05) is 0 Å². The lowest BCUT2D eigenvalue weighted by Gasteiger charge is -2.19. The lowest BCUT2D eigenvalue weighted by molar-refractivity contribution is -0.161. The van der Waals surface area contributed by atoms with Gasteiger partial charge in [-0.25, -0.2) is 4.57 Å². The maximum Gasteiger partial charge on any atom is 0.472 e. The third kappa shape index (κ3) is 38.0. The number of phosphoric ester groups is 1. The summed E-state index contributed by atoms with van der Waals surface area (Å²) in [6.45, 7) is 3.70. The quantitative estimate of drug-likeness (QED) is 0.0273. The summed E-state index contributed by atoms with van der Waals surface area (Å²) in [5, 5.41) is 0. The fourth-order valence-corrected chi connectivity index (χ4v) is 6.49. The number of allylic oxidation sites excluding steroid dienone is 4. The maximum absolute atomic E-state index is 12.6. The van der Waals surface area contributed by atoms with Crippen molar-refractivity contribution in [2.75, 3.05) is 26.4 Å². The van der Waals surface area contributed by atoms with Crippen molar-refractivity contribution in [3.63, 3.8) is 0 Å². The highest BCUT2D eigenvalue weighted by Gasteiger charge is 2.26. The van der Waals surface area contributed by atoms with Gasteiger partial charge in [0.15, 0.2) is 6.10 Å². The van der Waals surface area contributed by atoms with Crippen molar-refractivity contribution >= 4 is 19.8 Å². The first kappa shape index (κ1) is 49.5. The SMILES string of the molecule is CCCCCC=CCC=CCCCCCCCCCCCC(=O)OC(COC(=O)CCCCCCCCCCCCC)COP(=O)(O)OCCN. The van der Waals surface area contributed by atoms with E-state index >= 15 is 0 Å². The van der Waals surface area contributed by atoms with Gasteiger partial charge in [0.25, 0.3) is 0 Å². The number of carbonyl (C=O) groups excluding carboxylic acids is 2. The molecule has 0 aromatic rings. The number of ether oxygens (including phenoxy) is 2. The summed E-state index contributed by atoms with van der Waals surface area (Å²) in [5.41, 5.74) is 5.34. The minimum Gasteiger partial charge on any atom is -0.462 e. The standard InChI is InChI=1S/C41H78NO8P/c1-3-5-7-9-11-13-15-16-17-18-19-20-21-22-24-26-28-30-32-34-41(44)50-39(38-49-51(45,46)48-36-35-42)37-47-40(43)33-31-29-27-25-23-14-12-10-8-6-4-2/h11,13,16-17,39H,3-10,12,14-15,18-38,42H2,1-2H3,(H,45,46). The molecule has 0 radical (unpaired) electrons. The van der Waals surface area contributed by atoms with Crippen LogP contribution in [0, 0.1) is 0 Å². The first-order valence-electron chi connectivity index (χ1n) is 20.8. The van der Waals surface area contributed by atoms with Crippen LogP contribution >= 0.6 is 7.82 Å². The second-order valence-electron chi connectivity index (χ2n) is 13.9. The van der Waals surface area contributed by atoms with Gasteiger partial charge in [0.05, 0.1) is 13.2 Å². The van der Waals surface area contributed by atoms with E-state index < -0.39 is 26.5 Å². The average molecular weight is 744 g/mol. The Kier molecular flexibility index (Phi) is 37.1. The van der Waals surface area contributed by atoms with Crippen LogP contribution in [0.5, 0.6) is 0 Å². The molecule has 0 aliphatic rings. The number of carbonyl (C=O) groups is 2. The Hall–Kier alpha value is -1.51. The average Bonchev–Trinajstić information content (AvgIpc) is 3.11. The van der Waals surface area contributed by atoms with Crippen molar-refractivity contribution in [1.82, 2.24) is 0 Å². The molecule has 0 saturated heterocycles. The van der Waals surface area contributed by atoms with Crippen LogP contribution in [0.25, 0.3) is 0 Å². The minimum absolute atomic E-state index is 0.0541. The van der Waals surface area contributed by atoms with E-state index in [-0.39, 0.29) is 38.6 Å². The summed E-state index contributed by atoms with van der Waals surface area (Å²) in [7, 11) is -4.37. The van der Waals surface area contributed by atoms with Crippen molar-refractivity contribution < 1.29 is 37.6 Å². The van der Waals surface area contributed by atoms with Gasteiger partial charge >= 0.3 is 19.8 Å². The molecule has 0 heterocycles. The molecule has 0 aromatic heterocycles. The molecule has 3 N–H and O–H groups in total. The lowest BCUT2D eigenvalue weighted by Crippen LogP contribution is -2.29. The van der Waals surface area contributed by atoms with Gasteiger partial charge in [-0.05, 0) is 44.9 Å². The topological polar surface area (TPSA) is 134 Å². The van der Waals surface area contributed by atoms with Gasteiger partial charge in [0, 0.05) is 19.4 Å². The van der Waals surface area contributed by atoms with Crippen LogP contribution in [0.4, 0.5) is 0 Å². The summed E-state index contributed by atoms with van der Waals surface area (Å²) < 4.78 is 32.7. The Morgan fingerprint density at radius 3 is 1.53 bits per heavy atom. The smallest absolute Gasteiger partial charge is 0.462 e. The van der Waals surface area contributed by atoms with E-state index in [0.29, 0.717) is 6.42 Å². The number of hydrogen-bond donors (Lipinski definition) is 2. The van der Waals surface area contributed by atoms with E-state index in [1.54, 1.807) is 0 Å². The highest BCUT2D eigenvalue weighted by molar-refractivity contribution is 7.47. The van der Waals surface area contributed by atoms with Gasteiger partial charge < -0.3 is 20.1 Å². The zero-order chi connectivity index (χ0) is 37.5. The normalized spacial score (nSPS) is 13.6. The molecule has 0 aliphatic carbocycles. The second kappa shape index (κ2) is 38.2. The molecule has 0 bridgehead atoms. The van der Waals surface area contributed by atoms with E-state index in [2.05, 4.69) is 38.2 Å². The van der Waals surface area contributed by atoms with Gasteiger partial charge in [-0.2, -0.15) is 0 Å². The number of rotatable bonds is 39. The van der Waals surface area contributed by atoms with Gasteiger partial charge in [-0.15, -0.1) is 0 Å². The summed E-state index contributed by atoms with van der Waals surface area (Å²) in [6, 6.07) is 0. The molecule has 9 nitrogen and oxygen atoms in total. The Balaban J connectivity index is 4.13. The van der Waals surface area contributed by atoms with E-state index in [1.165, 1.54) is 109 Å². The first-order valence-corrected chi connectivity index (χ1v) is 22.3. The molecule has 2 unspecified atom stereocenters. The fourth-order valence-electron chi connectivity index (χ4n) is 5.72. The molecule has 0 fully saturated rings. The lowest BCUT2D eigenvalue weighted by atomic mass is 10.1. The van der Waals surface area contributed by atoms with Crippen LogP contribution in [0.2, 0.25) is 0 Å². The number of unbranched alkanes of at least 4 members (excludes halogenated alkanes) is 22. The van der Waals surface area contributed by atoms with Crippen LogP contribution < -0.4 is 5.73 Å². The highest BCUT2D eigenvalue weighted by Crippen LogP contribution is 2.43. The molecule has 0 spiro atoms. The molecule has 300 valence electrons. The van der Waals surface area contributed by atoms with Crippen molar-refractivity contribution in [1.29, 1.82) is 0 Å². The summed E-state index contributed by atoms with van der Waals surface area (Å²) in [6.07, 6.45) is 39.2. The van der Waals surface area contributed by atoms with Crippen LogP contribution in [0.15, 0.2) is 24.3 Å². The van der Waals surface area contributed by atoms with Crippen molar-refractivity contribution in [2.45, 2.75) is 200 Å². The Labute approximate surface area is 312 Å². The molecular formula is C41H78NO8P. The first-order chi connectivity index (χ1) is 24.8. The molecule has 0 rings (SSSR count). The van der Waals surface area contributed by atoms with Crippen molar-refractivity contribution in [3.05, 3.63) is 24.3 Å². The van der Waals surface area contributed by atoms with E-state index in [9.17, 15) is 19.0 Å². The molecule has 10 heteroatoms. The van der Waals surface area contributed by atoms with Gasteiger partial charge in [-0.1, -0.05) is 160 Å². The van der Waals surface area contributed by atoms with Gasteiger partial charge in [-0.3, -0.25) is 18.6 Å². The largest absolute Gasteiger partial charge is 0.472 e. The summed E-state index contributed by atoms with van der Waals surface area (Å²) in [4.78, 5) is 34.8. The minimum atomic E-state index is -4.37. The zero-order valence-corrected chi connectivity index (χ0v) is 33.7. The van der Waals surface area contributed by atoms with E-state index in [0.717, 1.165) is 51.4 Å². The fraction of sp³-hybridized carbons (Fsp3) is 0.854. The van der Waals surface area contributed by atoms with E-state index in [4.69, 9.17) is 24.3 Å². The number of esters is 2. The van der Waals surface area contributed by atoms with Gasteiger partial charge in [0.2, 0.25) is 0 Å². The predicted octanol–water partition coefficient (Wildman–Crippen LogP) is 11.6. The number of nitrogens with two attached hydrogens (primary N) is 1. The molecule has 51 heavy (non-hydrogen) atoms. The Bertz CT molecular complexity index is 897. The highest BCUT2D eigenvalue weighted by atomic mass is 31.2. The third-order valence-electron chi connectivity index (χ3n) is 8.84. The predicted molar refractivity (Wildman–Crippen MR) is 211 cm³/mol. The van der Waals surface area contributed by atoms with Crippen LogP contribution in [-0.2, 0) is 32.7 Å². The summed E-state index contributed by atoms with van der Waals surface area (Å²) >= 11 is 0. The zero-order valence-electron chi connectivity index (χ0n) is 32.8. The Morgan fingerprint density at radius 2 is 1.02 bits per heavy atom. The third-order valence-corrected chi connectivity index (χ3v) is 9.82. The Morgan fingerprint density at radius 1 is 0.588 bits per heavy atom. The van der Waals surface area contributed by atoms with Gasteiger partial charge in [0.1, 0.15) is 6.61 Å². The van der Waals surface area contributed by atoms with Crippen LogP contribution in [0.1, 0.15) is 194 Å². The number of hydrogen-bond acceptors (Lipinski definition) is 8. The molecule has 0 amide bonds. The molecular weight excluding hydrogens is 665 g/mol. The van der Waals surface area contributed by atoms with Crippen LogP contribution in [0.3, 0.4) is 0 Å². The van der Waals surface area contributed by atoms with Crippen molar-refractivity contribution in [3.8, 4) is 0 Å². The summed E-state index contributed by atoms with van der Waals surface area (Å²) in [5.74, 6) is -0.829. The van der Waals surface area contributed by atoms with Crippen LogP contribution in [-0.4, -0.2) is 49.3 Å². The monoisotopic (exact) mass is 744 g/mol. The molecule has 0 aromatic carbocycles.